The van der Waals surface area contributed by atoms with E-state index < -0.39 is 0 Å². The van der Waals surface area contributed by atoms with Crippen LogP contribution in [0.3, 0.4) is 0 Å². The molecule has 8 aromatic carbocycles. The molecule has 4 heteroatoms. The Bertz CT molecular complexity index is 3250. The summed E-state index contributed by atoms with van der Waals surface area (Å²) in [6.45, 7) is 0. The minimum absolute atomic E-state index is 0.679. The summed E-state index contributed by atoms with van der Waals surface area (Å²) in [5.74, 6) is 0.679. The fourth-order valence-electron chi connectivity index (χ4n) is 8.17. The summed E-state index contributed by atoms with van der Waals surface area (Å²) in [7, 11) is 0. The van der Waals surface area contributed by atoms with Crippen LogP contribution in [-0.4, -0.2) is 14.5 Å². The lowest BCUT2D eigenvalue weighted by Crippen LogP contribution is -2.00. The van der Waals surface area contributed by atoms with Gasteiger partial charge in [0, 0.05) is 38.5 Å². The highest BCUT2D eigenvalue weighted by molar-refractivity contribution is 6.12. The molecule has 0 atom stereocenters. The van der Waals surface area contributed by atoms with E-state index in [1.807, 2.05) is 12.1 Å². The summed E-state index contributed by atoms with van der Waals surface area (Å²) in [6, 6.07) is 70.2. The van der Waals surface area contributed by atoms with Crippen LogP contribution in [0, 0.1) is 0 Å². The largest absolute Gasteiger partial charge is 0.455 e. The van der Waals surface area contributed by atoms with Crippen LogP contribution < -0.4 is 0 Å². The molecule has 0 saturated heterocycles. The Hall–Kier alpha value is -7.56. The Morgan fingerprint density at radius 3 is 1.75 bits per heavy atom. The number of furan rings is 1. The van der Waals surface area contributed by atoms with E-state index in [0.29, 0.717) is 5.82 Å². The number of para-hydroxylation sites is 4. The smallest absolute Gasteiger partial charge is 0.160 e. The molecule has 0 aliphatic heterocycles. The van der Waals surface area contributed by atoms with Crippen molar-refractivity contribution in [2.75, 3.05) is 0 Å². The van der Waals surface area contributed by atoms with Gasteiger partial charge in [0.2, 0.25) is 0 Å². The third-order valence-corrected chi connectivity index (χ3v) is 10.8. The lowest BCUT2D eigenvalue weighted by atomic mass is 9.96. The van der Waals surface area contributed by atoms with Gasteiger partial charge in [-0.2, -0.15) is 0 Å². The first kappa shape index (κ1) is 31.9. The van der Waals surface area contributed by atoms with Gasteiger partial charge in [-0.3, -0.25) is 0 Å². The molecule has 0 unspecified atom stereocenters. The van der Waals surface area contributed by atoms with Crippen molar-refractivity contribution in [2.24, 2.45) is 0 Å². The van der Waals surface area contributed by atoms with Crippen molar-refractivity contribution >= 4 is 43.9 Å². The molecule has 0 radical (unpaired) electrons. The van der Waals surface area contributed by atoms with Crippen LogP contribution in [0.15, 0.2) is 205 Å². The first-order chi connectivity index (χ1) is 27.8. The Labute approximate surface area is 323 Å². The highest BCUT2D eigenvalue weighted by atomic mass is 16.3. The predicted octanol–water partition coefficient (Wildman–Crippen LogP) is 13.8. The number of hydrogen-bond donors (Lipinski definition) is 0. The van der Waals surface area contributed by atoms with E-state index in [2.05, 4.69) is 193 Å². The Balaban J connectivity index is 1.10. The number of nitrogens with zero attached hydrogens (tertiary/aromatic N) is 3. The van der Waals surface area contributed by atoms with E-state index in [-0.39, 0.29) is 0 Å². The van der Waals surface area contributed by atoms with Gasteiger partial charge in [-0.05, 0) is 70.3 Å². The van der Waals surface area contributed by atoms with E-state index in [1.165, 1.54) is 0 Å². The normalized spacial score (nSPS) is 11.6. The molecule has 0 bridgehead atoms. The summed E-state index contributed by atoms with van der Waals surface area (Å²) in [6.07, 6.45) is 0. The van der Waals surface area contributed by atoms with Crippen LogP contribution >= 0.6 is 0 Å². The Morgan fingerprint density at radius 1 is 0.393 bits per heavy atom. The molecule has 262 valence electrons. The molecule has 3 aromatic heterocycles. The topological polar surface area (TPSA) is 43.9 Å². The lowest BCUT2D eigenvalue weighted by Gasteiger charge is -2.13. The van der Waals surface area contributed by atoms with Gasteiger partial charge in [-0.15, -0.1) is 0 Å². The second kappa shape index (κ2) is 13.1. The molecule has 11 rings (SSSR count). The van der Waals surface area contributed by atoms with Crippen molar-refractivity contribution in [3.63, 3.8) is 0 Å². The summed E-state index contributed by atoms with van der Waals surface area (Å²) < 4.78 is 8.73. The van der Waals surface area contributed by atoms with Gasteiger partial charge in [0.15, 0.2) is 5.82 Å². The van der Waals surface area contributed by atoms with Crippen LogP contribution in [0.4, 0.5) is 0 Å². The lowest BCUT2D eigenvalue weighted by molar-refractivity contribution is 0.670. The third kappa shape index (κ3) is 5.31. The zero-order valence-corrected chi connectivity index (χ0v) is 30.3. The van der Waals surface area contributed by atoms with Crippen LogP contribution in [0.5, 0.6) is 0 Å². The second-order valence-corrected chi connectivity index (χ2v) is 14.2. The molecule has 0 N–H and O–H groups in total. The van der Waals surface area contributed by atoms with Gasteiger partial charge >= 0.3 is 0 Å². The van der Waals surface area contributed by atoms with Crippen molar-refractivity contribution < 1.29 is 4.42 Å². The molecule has 0 fully saturated rings. The van der Waals surface area contributed by atoms with Crippen molar-refractivity contribution in [1.29, 1.82) is 0 Å². The van der Waals surface area contributed by atoms with Gasteiger partial charge < -0.3 is 8.98 Å². The van der Waals surface area contributed by atoms with Crippen LogP contribution in [0.2, 0.25) is 0 Å². The number of fused-ring (bicyclic) bond motifs is 6. The third-order valence-electron chi connectivity index (χ3n) is 10.8. The summed E-state index contributed by atoms with van der Waals surface area (Å²) in [5, 5.41) is 3.33. The molecule has 0 aliphatic rings. The fraction of sp³-hybridized carbons (Fsp3) is 0. The maximum absolute atomic E-state index is 6.42. The molecule has 0 spiro atoms. The van der Waals surface area contributed by atoms with Gasteiger partial charge in [0.25, 0.3) is 0 Å². The minimum Gasteiger partial charge on any atom is -0.455 e. The Morgan fingerprint density at radius 2 is 0.946 bits per heavy atom. The fourth-order valence-corrected chi connectivity index (χ4v) is 8.17. The zero-order chi connectivity index (χ0) is 37.0. The number of aromatic nitrogens is 3. The van der Waals surface area contributed by atoms with Crippen molar-refractivity contribution in [3.8, 4) is 61.7 Å². The molecule has 0 saturated carbocycles. The molecule has 0 aliphatic carbocycles. The summed E-state index contributed by atoms with van der Waals surface area (Å²) in [5.41, 5.74) is 15.4. The van der Waals surface area contributed by atoms with Gasteiger partial charge in [-0.1, -0.05) is 158 Å². The van der Waals surface area contributed by atoms with E-state index in [9.17, 15) is 0 Å². The SMILES string of the molecule is c1ccc(-c2cccc(-c3nc(-c4cccc(-c5cccc(-c6cccc7c6oc6ccccc67)c5)c4)nc4c5ccccc5n(-c5ccccc5)c34)c2)cc1. The van der Waals surface area contributed by atoms with E-state index >= 15 is 0 Å². The maximum atomic E-state index is 6.42. The van der Waals surface area contributed by atoms with Crippen molar-refractivity contribution in [3.05, 3.63) is 200 Å². The van der Waals surface area contributed by atoms with Crippen LogP contribution in [0.25, 0.3) is 106 Å². The molecule has 56 heavy (non-hydrogen) atoms. The van der Waals surface area contributed by atoms with E-state index in [4.69, 9.17) is 14.4 Å². The van der Waals surface area contributed by atoms with Gasteiger partial charge in [0.05, 0.1) is 16.7 Å². The second-order valence-electron chi connectivity index (χ2n) is 14.2. The molecular formula is C52H33N3O. The number of benzene rings is 8. The van der Waals surface area contributed by atoms with Crippen molar-refractivity contribution in [1.82, 2.24) is 14.5 Å². The monoisotopic (exact) mass is 715 g/mol. The van der Waals surface area contributed by atoms with E-state index in [1.54, 1.807) is 0 Å². The highest BCUT2D eigenvalue weighted by Gasteiger charge is 2.22. The van der Waals surface area contributed by atoms with Crippen LogP contribution in [0.1, 0.15) is 0 Å². The molecule has 0 amide bonds. The average Bonchev–Trinajstić information content (AvgIpc) is 3.83. The zero-order valence-electron chi connectivity index (χ0n) is 30.3. The highest BCUT2D eigenvalue weighted by Crippen LogP contribution is 2.40. The predicted molar refractivity (Wildman–Crippen MR) is 231 cm³/mol. The summed E-state index contributed by atoms with van der Waals surface area (Å²) in [4.78, 5) is 10.9. The van der Waals surface area contributed by atoms with Gasteiger partial charge in [-0.25, -0.2) is 9.97 Å². The quantitative estimate of drug-likeness (QED) is 0.172. The molecule has 3 heterocycles. The summed E-state index contributed by atoms with van der Waals surface area (Å²) >= 11 is 0. The molecule has 11 aromatic rings. The maximum Gasteiger partial charge on any atom is 0.160 e. The minimum atomic E-state index is 0.679. The first-order valence-corrected chi connectivity index (χ1v) is 18.9. The average molecular weight is 716 g/mol. The molecule has 4 nitrogen and oxygen atoms in total. The van der Waals surface area contributed by atoms with Crippen LogP contribution in [-0.2, 0) is 0 Å². The first-order valence-electron chi connectivity index (χ1n) is 18.9. The molecular weight excluding hydrogens is 683 g/mol. The van der Waals surface area contributed by atoms with Gasteiger partial charge in [0.1, 0.15) is 16.7 Å². The Kier molecular flexibility index (Phi) is 7.46. The number of hydrogen-bond acceptors (Lipinski definition) is 3. The van der Waals surface area contributed by atoms with E-state index in [0.717, 1.165) is 99.8 Å². The standard InChI is InChI=1S/C52H33N3O/c1-3-15-34(16-4-1)35-17-12-21-39(32-35)48-50-49(45-26-7-9-29-46(45)55(50)41-23-5-2-6-24-41)54-52(53-48)40-22-13-19-37(33-40)36-18-11-20-38(31-36)42-27-14-28-44-43-25-8-10-30-47(43)56-51(42)44/h1-33H. The van der Waals surface area contributed by atoms with Crippen molar-refractivity contribution in [2.45, 2.75) is 0 Å². The number of rotatable bonds is 6.